The van der Waals surface area contributed by atoms with Gasteiger partial charge in [-0.15, -0.1) is 0 Å². The molecule has 1 N–H and O–H groups in total. The lowest BCUT2D eigenvalue weighted by Crippen LogP contribution is -2.47. The molecule has 4 aliphatic carbocycles. The van der Waals surface area contributed by atoms with Crippen LogP contribution >= 0.6 is 15.9 Å². The van der Waals surface area contributed by atoms with Gasteiger partial charge in [0.05, 0.1) is 6.10 Å². The van der Waals surface area contributed by atoms with Crippen LogP contribution in [0.5, 0.6) is 0 Å². The number of hydrogen-bond acceptors (Lipinski definition) is 1. The standard InChI is InChI=1S/C17H20BrFO/c18-13-1-2-15(19)14(8-13)17(20)16-11-4-9-3-10(6-11)7-12(16)5-9/h1-2,8-12,16-17,20H,3-7H2. The Labute approximate surface area is 127 Å². The fraction of sp³-hybridized carbons (Fsp3) is 0.647. The minimum Gasteiger partial charge on any atom is -0.388 e. The molecular formula is C17H20BrFO. The first-order valence-corrected chi connectivity index (χ1v) is 8.54. The first-order valence-electron chi connectivity index (χ1n) is 7.75. The van der Waals surface area contributed by atoms with Gasteiger partial charge < -0.3 is 5.11 Å². The number of aliphatic hydroxyl groups excluding tert-OH is 1. The van der Waals surface area contributed by atoms with E-state index in [4.69, 9.17) is 0 Å². The lowest BCUT2D eigenvalue weighted by atomic mass is 9.50. The highest BCUT2D eigenvalue weighted by Crippen LogP contribution is 2.59. The van der Waals surface area contributed by atoms with Gasteiger partial charge in [-0.1, -0.05) is 15.9 Å². The van der Waals surface area contributed by atoms with Gasteiger partial charge in [-0.25, -0.2) is 4.39 Å². The van der Waals surface area contributed by atoms with E-state index in [1.807, 2.05) is 0 Å². The van der Waals surface area contributed by atoms with Crippen molar-refractivity contribution >= 4 is 15.9 Å². The molecule has 0 aliphatic heterocycles. The van der Waals surface area contributed by atoms with Crippen LogP contribution in [-0.2, 0) is 0 Å². The fourth-order valence-electron chi connectivity index (χ4n) is 5.43. The second kappa shape index (κ2) is 4.81. The zero-order valence-corrected chi connectivity index (χ0v) is 13.0. The van der Waals surface area contributed by atoms with E-state index in [0.717, 1.165) is 16.3 Å². The maximum atomic E-state index is 14.1. The summed E-state index contributed by atoms with van der Waals surface area (Å²) in [6.07, 6.45) is 5.78. The number of halogens is 2. The molecule has 4 fully saturated rings. The van der Waals surface area contributed by atoms with Gasteiger partial charge in [-0.3, -0.25) is 0 Å². The Hall–Kier alpha value is -0.410. The Morgan fingerprint density at radius 3 is 2.25 bits per heavy atom. The van der Waals surface area contributed by atoms with Crippen LogP contribution in [-0.4, -0.2) is 5.11 Å². The van der Waals surface area contributed by atoms with E-state index in [2.05, 4.69) is 15.9 Å². The minimum absolute atomic E-state index is 0.269. The molecule has 4 aliphatic rings. The Kier molecular flexibility index (Phi) is 3.19. The summed E-state index contributed by atoms with van der Waals surface area (Å²) >= 11 is 3.39. The minimum atomic E-state index is -0.637. The third kappa shape index (κ3) is 2.05. The molecule has 1 atom stereocenters. The lowest BCUT2D eigenvalue weighted by molar-refractivity contribution is -0.0916. The van der Waals surface area contributed by atoms with Crippen LogP contribution in [0.1, 0.15) is 43.8 Å². The van der Waals surface area contributed by atoms with Gasteiger partial charge in [0, 0.05) is 10.0 Å². The summed E-state index contributed by atoms with van der Waals surface area (Å²) in [4.78, 5) is 0. The second-order valence-corrected chi connectivity index (χ2v) is 8.03. The molecule has 0 spiro atoms. The average Bonchev–Trinajstić information content (AvgIpc) is 2.40. The summed E-state index contributed by atoms with van der Waals surface area (Å²) in [5.41, 5.74) is 0.483. The Morgan fingerprint density at radius 2 is 1.65 bits per heavy atom. The normalized spacial score (nSPS) is 40.0. The maximum absolute atomic E-state index is 14.1. The van der Waals surface area contributed by atoms with Crippen LogP contribution in [0.4, 0.5) is 4.39 Å². The van der Waals surface area contributed by atoms with Gasteiger partial charge in [0.2, 0.25) is 0 Å². The number of rotatable bonds is 2. The summed E-state index contributed by atoms with van der Waals surface area (Å²) in [5, 5.41) is 10.8. The summed E-state index contributed by atoms with van der Waals surface area (Å²) in [6.45, 7) is 0. The topological polar surface area (TPSA) is 20.2 Å². The van der Waals surface area contributed by atoms with Crippen LogP contribution in [0.2, 0.25) is 0 Å². The van der Waals surface area contributed by atoms with Crippen molar-refractivity contribution in [3.05, 3.63) is 34.1 Å². The van der Waals surface area contributed by atoms with E-state index in [-0.39, 0.29) is 11.7 Å². The summed E-state index contributed by atoms with van der Waals surface area (Å²) < 4.78 is 14.9. The van der Waals surface area contributed by atoms with Crippen molar-refractivity contribution in [2.45, 2.75) is 38.2 Å². The van der Waals surface area contributed by atoms with E-state index in [9.17, 15) is 9.50 Å². The third-order valence-corrected chi connectivity index (χ3v) is 6.43. The van der Waals surface area contributed by atoms with Crippen LogP contribution in [0.15, 0.2) is 22.7 Å². The molecule has 0 radical (unpaired) electrons. The van der Waals surface area contributed by atoms with Crippen molar-refractivity contribution in [1.29, 1.82) is 0 Å². The molecule has 4 bridgehead atoms. The summed E-state index contributed by atoms with van der Waals surface area (Å²) in [7, 11) is 0. The smallest absolute Gasteiger partial charge is 0.129 e. The highest BCUT2D eigenvalue weighted by atomic mass is 79.9. The van der Waals surface area contributed by atoms with Crippen LogP contribution < -0.4 is 0 Å². The molecule has 20 heavy (non-hydrogen) atoms. The van der Waals surface area contributed by atoms with Crippen molar-refractivity contribution in [1.82, 2.24) is 0 Å². The van der Waals surface area contributed by atoms with Crippen molar-refractivity contribution in [3.8, 4) is 0 Å². The Bertz CT molecular complexity index is 502. The largest absolute Gasteiger partial charge is 0.388 e. The van der Waals surface area contributed by atoms with E-state index in [0.29, 0.717) is 17.4 Å². The maximum Gasteiger partial charge on any atom is 0.129 e. The summed E-state index contributed by atoms with van der Waals surface area (Å²) in [6, 6.07) is 4.91. The number of benzene rings is 1. The van der Waals surface area contributed by atoms with Crippen molar-refractivity contribution in [3.63, 3.8) is 0 Å². The highest BCUT2D eigenvalue weighted by Gasteiger charge is 2.50. The van der Waals surface area contributed by atoms with Gasteiger partial charge in [0.25, 0.3) is 0 Å². The van der Waals surface area contributed by atoms with Crippen LogP contribution in [0.3, 0.4) is 0 Å². The predicted molar refractivity (Wildman–Crippen MR) is 79.6 cm³/mol. The number of aliphatic hydroxyl groups is 1. The molecule has 0 saturated heterocycles. The van der Waals surface area contributed by atoms with Gasteiger partial charge in [-0.05, 0) is 79.9 Å². The fourth-order valence-corrected chi connectivity index (χ4v) is 5.81. The molecule has 1 unspecified atom stereocenters. The zero-order valence-electron chi connectivity index (χ0n) is 11.4. The van der Waals surface area contributed by atoms with E-state index >= 15 is 0 Å². The Balaban J connectivity index is 1.65. The quantitative estimate of drug-likeness (QED) is 0.828. The molecule has 0 heterocycles. The lowest BCUT2D eigenvalue weighted by Gasteiger charge is -2.55. The molecule has 108 valence electrons. The molecule has 1 aromatic carbocycles. The van der Waals surface area contributed by atoms with E-state index in [1.54, 1.807) is 12.1 Å². The first kappa shape index (κ1) is 13.3. The van der Waals surface area contributed by atoms with Gasteiger partial charge in [0.1, 0.15) is 5.82 Å². The predicted octanol–water partition coefficient (Wildman–Crippen LogP) is 4.69. The van der Waals surface area contributed by atoms with Gasteiger partial charge >= 0.3 is 0 Å². The SMILES string of the molecule is OC(c1cc(Br)ccc1F)C1C2CC3CC(C2)CC1C3. The van der Waals surface area contributed by atoms with Crippen molar-refractivity contribution < 1.29 is 9.50 Å². The second-order valence-electron chi connectivity index (χ2n) is 7.12. The number of hydrogen-bond donors (Lipinski definition) is 1. The molecule has 5 rings (SSSR count). The van der Waals surface area contributed by atoms with E-state index in [1.165, 1.54) is 38.2 Å². The van der Waals surface area contributed by atoms with Crippen LogP contribution in [0.25, 0.3) is 0 Å². The molecule has 1 aromatic rings. The molecule has 4 saturated carbocycles. The highest BCUT2D eigenvalue weighted by molar-refractivity contribution is 9.10. The molecule has 0 amide bonds. The average molecular weight is 339 g/mol. The third-order valence-electron chi connectivity index (χ3n) is 5.94. The summed E-state index contributed by atoms with van der Waals surface area (Å²) in [5.74, 6) is 2.99. The van der Waals surface area contributed by atoms with Gasteiger partial charge in [-0.2, -0.15) is 0 Å². The van der Waals surface area contributed by atoms with Crippen molar-refractivity contribution in [2.75, 3.05) is 0 Å². The van der Waals surface area contributed by atoms with Crippen molar-refractivity contribution in [2.24, 2.45) is 29.6 Å². The molecule has 3 heteroatoms. The molecular weight excluding hydrogens is 319 g/mol. The molecule has 1 nitrogen and oxygen atoms in total. The Morgan fingerprint density at radius 1 is 1.05 bits per heavy atom. The van der Waals surface area contributed by atoms with Gasteiger partial charge in [0.15, 0.2) is 0 Å². The first-order chi connectivity index (χ1) is 9.61. The van der Waals surface area contributed by atoms with E-state index < -0.39 is 6.10 Å². The zero-order chi connectivity index (χ0) is 13.9. The van der Waals surface area contributed by atoms with Crippen LogP contribution in [0, 0.1) is 35.4 Å². The monoisotopic (exact) mass is 338 g/mol. The molecule has 0 aromatic heterocycles.